The van der Waals surface area contributed by atoms with Gasteiger partial charge in [0.1, 0.15) is 11.4 Å². The quantitative estimate of drug-likeness (QED) is 0.219. The van der Waals surface area contributed by atoms with Gasteiger partial charge in [-0.3, -0.25) is 15.0 Å². The number of rotatable bonds is 8. The molecular formula is C28H31FN10O2. The zero-order chi connectivity index (χ0) is 28.6. The van der Waals surface area contributed by atoms with E-state index in [9.17, 15) is 9.18 Å². The molecule has 0 radical (unpaired) electrons. The number of hydrogen-bond acceptors (Lipinski definition) is 8. The summed E-state index contributed by atoms with van der Waals surface area (Å²) >= 11 is 0. The molecule has 1 fully saturated rings. The first-order valence-corrected chi connectivity index (χ1v) is 13.5. The Hall–Kier alpha value is -4.65. The van der Waals surface area contributed by atoms with Gasteiger partial charge in [0.25, 0.3) is 5.91 Å². The van der Waals surface area contributed by atoms with Gasteiger partial charge in [-0.1, -0.05) is 6.07 Å². The first-order valence-electron chi connectivity index (χ1n) is 13.5. The van der Waals surface area contributed by atoms with Gasteiger partial charge in [0.05, 0.1) is 35.8 Å². The number of nitrogens with zero attached hydrogens (tertiary/aromatic N) is 6. The fourth-order valence-electron chi connectivity index (χ4n) is 5.46. The van der Waals surface area contributed by atoms with Crippen LogP contribution < -0.4 is 10.6 Å². The Labute approximate surface area is 235 Å². The van der Waals surface area contributed by atoms with Crippen molar-refractivity contribution >= 4 is 28.4 Å². The number of methoxy groups -OCH3 is 1. The van der Waals surface area contributed by atoms with Crippen molar-refractivity contribution in [3.63, 3.8) is 0 Å². The van der Waals surface area contributed by atoms with Gasteiger partial charge in [0.15, 0.2) is 17.5 Å². The zero-order valence-corrected chi connectivity index (χ0v) is 23.0. The lowest BCUT2D eigenvalue weighted by Gasteiger charge is -2.38. The highest BCUT2D eigenvalue weighted by Crippen LogP contribution is 2.41. The van der Waals surface area contributed by atoms with E-state index >= 15 is 0 Å². The van der Waals surface area contributed by atoms with E-state index in [1.165, 1.54) is 10.9 Å². The number of fused-ring (bicyclic) bond motifs is 1. The molecule has 0 bridgehead atoms. The van der Waals surface area contributed by atoms with Gasteiger partial charge in [-0.2, -0.15) is 15.3 Å². The Balaban J connectivity index is 1.14. The van der Waals surface area contributed by atoms with E-state index in [-0.39, 0.29) is 17.9 Å². The molecule has 6 rings (SSSR count). The minimum atomic E-state index is -0.944. The minimum Gasteiger partial charge on any atom is -0.368 e. The number of aromatic amines is 2. The molecular weight excluding hydrogens is 527 g/mol. The lowest BCUT2D eigenvalue weighted by Crippen LogP contribution is -2.50. The number of carbonyl (C=O) groups is 1. The maximum atomic E-state index is 13.5. The lowest BCUT2D eigenvalue weighted by atomic mass is 9.76. The van der Waals surface area contributed by atoms with Crippen LogP contribution in [0, 0.1) is 12.7 Å². The van der Waals surface area contributed by atoms with Crippen LogP contribution in [-0.2, 0) is 9.53 Å². The van der Waals surface area contributed by atoms with Gasteiger partial charge in [-0.05, 0) is 57.2 Å². The maximum Gasteiger partial charge on any atom is 0.252 e. The third-order valence-corrected chi connectivity index (χ3v) is 7.81. The largest absolute Gasteiger partial charge is 0.368 e. The summed E-state index contributed by atoms with van der Waals surface area (Å²) in [6.07, 6.45) is 8.35. The smallest absolute Gasteiger partial charge is 0.252 e. The molecule has 13 heteroatoms. The summed E-state index contributed by atoms with van der Waals surface area (Å²) in [5.41, 5.74) is 2.64. The second kappa shape index (κ2) is 10.7. The van der Waals surface area contributed by atoms with Crippen LogP contribution in [-0.4, -0.2) is 58.8 Å². The van der Waals surface area contributed by atoms with Crippen LogP contribution >= 0.6 is 0 Å². The average molecular weight is 559 g/mol. The third kappa shape index (κ3) is 5.27. The van der Waals surface area contributed by atoms with E-state index in [1.807, 2.05) is 32.0 Å². The van der Waals surface area contributed by atoms with Crippen LogP contribution in [0.4, 0.5) is 16.0 Å². The van der Waals surface area contributed by atoms with Crippen LogP contribution in [0.15, 0.2) is 49.1 Å². The number of amides is 1. The van der Waals surface area contributed by atoms with Crippen LogP contribution in [0.25, 0.3) is 16.7 Å². The molecule has 0 spiro atoms. The van der Waals surface area contributed by atoms with Crippen LogP contribution in [0.2, 0.25) is 0 Å². The van der Waals surface area contributed by atoms with E-state index in [2.05, 4.69) is 41.1 Å². The van der Waals surface area contributed by atoms with Crippen molar-refractivity contribution in [3.8, 4) is 5.82 Å². The van der Waals surface area contributed by atoms with Gasteiger partial charge in [-0.25, -0.2) is 19.0 Å². The molecule has 1 aliphatic carbocycles. The van der Waals surface area contributed by atoms with E-state index in [0.29, 0.717) is 30.3 Å². The molecule has 4 N–H and O–H groups in total. The topological polar surface area (TPSA) is 151 Å². The monoisotopic (exact) mass is 558 g/mol. The molecule has 41 heavy (non-hydrogen) atoms. The van der Waals surface area contributed by atoms with Crippen molar-refractivity contribution in [3.05, 3.63) is 71.8 Å². The van der Waals surface area contributed by atoms with Crippen LogP contribution in [0.1, 0.15) is 61.5 Å². The SMILES string of the molecule is CO[C@]1(C(=O)N[C@@H](C)c2ccc(-n3cc(F)cn3)nc2)CC[C@H](c2nc(Nc3cc(C)[nH]n3)cc3cn[nH]c32)CC1. The second-order valence-corrected chi connectivity index (χ2v) is 10.5. The van der Waals surface area contributed by atoms with E-state index in [4.69, 9.17) is 9.72 Å². The molecule has 5 aromatic rings. The summed E-state index contributed by atoms with van der Waals surface area (Å²) in [6, 6.07) is 7.14. The van der Waals surface area contributed by atoms with Crippen LogP contribution in [0.5, 0.6) is 0 Å². The first-order chi connectivity index (χ1) is 19.8. The molecule has 1 amide bonds. The van der Waals surface area contributed by atoms with Crippen LogP contribution in [0.3, 0.4) is 0 Å². The maximum absolute atomic E-state index is 13.5. The Bertz CT molecular complexity index is 1670. The highest BCUT2D eigenvalue weighted by Gasteiger charge is 2.43. The molecule has 1 saturated carbocycles. The highest BCUT2D eigenvalue weighted by atomic mass is 19.1. The number of carbonyl (C=O) groups excluding carboxylic acids is 1. The minimum absolute atomic E-state index is 0.123. The van der Waals surface area contributed by atoms with E-state index in [1.54, 1.807) is 25.6 Å². The molecule has 5 heterocycles. The Morgan fingerprint density at radius 1 is 1.17 bits per heavy atom. The molecule has 5 aromatic heterocycles. The summed E-state index contributed by atoms with van der Waals surface area (Å²) < 4.78 is 20.5. The Morgan fingerprint density at radius 3 is 2.66 bits per heavy atom. The number of halogens is 1. The number of anilines is 2. The van der Waals surface area contributed by atoms with Crippen molar-refractivity contribution in [2.24, 2.45) is 0 Å². The normalized spacial score (nSPS) is 19.8. The van der Waals surface area contributed by atoms with Gasteiger partial charge >= 0.3 is 0 Å². The molecule has 0 unspecified atom stereocenters. The number of H-pyrrole nitrogens is 2. The Kier molecular flexibility index (Phi) is 6.95. The molecule has 1 aliphatic rings. The van der Waals surface area contributed by atoms with Crippen molar-refractivity contribution in [1.82, 2.24) is 45.5 Å². The average Bonchev–Trinajstić information content (AvgIpc) is 3.74. The molecule has 1 atom stereocenters. The third-order valence-electron chi connectivity index (χ3n) is 7.81. The van der Waals surface area contributed by atoms with Gasteiger partial charge in [0.2, 0.25) is 0 Å². The molecule has 0 aromatic carbocycles. The van der Waals surface area contributed by atoms with E-state index in [0.717, 1.165) is 46.9 Å². The lowest BCUT2D eigenvalue weighted by molar-refractivity contribution is -0.148. The Morgan fingerprint density at radius 2 is 2.00 bits per heavy atom. The van der Waals surface area contributed by atoms with E-state index < -0.39 is 11.4 Å². The van der Waals surface area contributed by atoms with Crippen molar-refractivity contribution in [1.29, 1.82) is 0 Å². The van der Waals surface area contributed by atoms with Gasteiger partial charge < -0.3 is 15.4 Å². The summed E-state index contributed by atoms with van der Waals surface area (Å²) in [5, 5.41) is 25.8. The van der Waals surface area contributed by atoms with Gasteiger partial charge in [-0.15, -0.1) is 0 Å². The molecule has 0 saturated heterocycles. The zero-order valence-electron chi connectivity index (χ0n) is 23.0. The number of nitrogens with one attached hydrogen (secondary N) is 4. The van der Waals surface area contributed by atoms with Crippen molar-refractivity contribution in [2.45, 2.75) is 57.1 Å². The predicted octanol–water partition coefficient (Wildman–Crippen LogP) is 4.37. The summed E-state index contributed by atoms with van der Waals surface area (Å²) in [6.45, 7) is 3.84. The summed E-state index contributed by atoms with van der Waals surface area (Å²) in [5.74, 6) is 1.40. The predicted molar refractivity (Wildman–Crippen MR) is 149 cm³/mol. The number of ether oxygens (including phenoxy) is 1. The van der Waals surface area contributed by atoms with Gasteiger partial charge in [0, 0.05) is 36.4 Å². The fraction of sp³-hybridized carbons (Fsp3) is 0.357. The molecule has 212 valence electrons. The molecule has 0 aliphatic heterocycles. The second-order valence-electron chi connectivity index (χ2n) is 10.5. The number of hydrogen-bond donors (Lipinski definition) is 4. The first kappa shape index (κ1) is 26.6. The standard InChI is InChI=1S/C28H31FN10O2/c1-16-10-23(37-36-16)34-22-11-20-13-31-38-26(20)25(35-22)18-6-8-28(41-3,9-7-18)27(40)33-17(2)19-4-5-24(30-12-19)39-15-21(29)14-32-39/h4-5,10-15,17-18H,6-9H2,1-3H3,(H,31,38)(H,33,40)(H2,34,35,36,37)/t17-,18-,28+/m0/s1. The molecule has 12 nitrogen and oxygen atoms in total. The number of pyridine rings is 2. The number of aryl methyl sites for hydroxylation is 1. The summed E-state index contributed by atoms with van der Waals surface area (Å²) in [7, 11) is 1.59. The van der Waals surface area contributed by atoms with Crippen molar-refractivity contribution in [2.75, 3.05) is 12.4 Å². The highest BCUT2D eigenvalue weighted by molar-refractivity contribution is 5.86. The summed E-state index contributed by atoms with van der Waals surface area (Å²) in [4.78, 5) is 22.8. The number of aromatic nitrogens is 8. The fourth-order valence-corrected chi connectivity index (χ4v) is 5.46. The van der Waals surface area contributed by atoms with Crippen molar-refractivity contribution < 1.29 is 13.9 Å².